The summed E-state index contributed by atoms with van der Waals surface area (Å²) in [4.78, 5) is 33.2. The van der Waals surface area contributed by atoms with Crippen molar-refractivity contribution in [1.29, 1.82) is 5.26 Å². The van der Waals surface area contributed by atoms with Crippen LogP contribution in [-0.4, -0.2) is 17.1 Å². The second-order valence-electron chi connectivity index (χ2n) is 9.18. The molecule has 208 valence electrons. The zero-order valence-corrected chi connectivity index (χ0v) is 25.6. The number of esters is 1. The molecule has 1 aliphatic rings. The Balaban J connectivity index is 1.52. The highest BCUT2D eigenvalue weighted by atomic mass is 79.9. The lowest BCUT2D eigenvalue weighted by molar-refractivity contribution is -0.139. The summed E-state index contributed by atoms with van der Waals surface area (Å²) in [7, 11) is 0. The summed E-state index contributed by atoms with van der Waals surface area (Å²) in [6.07, 6.45) is 3.23. The maximum atomic E-state index is 13.8. The van der Waals surface area contributed by atoms with Gasteiger partial charge in [0.2, 0.25) is 0 Å². The Labute approximate surface area is 253 Å². The van der Waals surface area contributed by atoms with Gasteiger partial charge in [0.05, 0.1) is 38.5 Å². The molecule has 3 heterocycles. The number of thiophene rings is 1. The van der Waals surface area contributed by atoms with Crippen molar-refractivity contribution in [2.24, 2.45) is 4.99 Å². The number of carbonyl (C=O) groups is 1. The van der Waals surface area contributed by atoms with Crippen molar-refractivity contribution in [1.82, 2.24) is 4.57 Å². The van der Waals surface area contributed by atoms with E-state index in [9.17, 15) is 14.9 Å². The molecule has 0 bridgehead atoms. The van der Waals surface area contributed by atoms with Gasteiger partial charge in [-0.15, -0.1) is 11.3 Å². The summed E-state index contributed by atoms with van der Waals surface area (Å²) in [5.41, 5.74) is 3.06. The lowest BCUT2D eigenvalue weighted by Gasteiger charge is -2.24. The van der Waals surface area contributed by atoms with E-state index in [1.165, 1.54) is 22.7 Å². The molecule has 1 atom stereocenters. The van der Waals surface area contributed by atoms with Gasteiger partial charge in [-0.2, -0.15) is 5.26 Å². The second kappa shape index (κ2) is 12.8. The van der Waals surface area contributed by atoms with Crippen LogP contribution in [0.15, 0.2) is 85.5 Å². The average molecular weight is 649 g/mol. The average Bonchev–Trinajstić information content (AvgIpc) is 3.61. The zero-order chi connectivity index (χ0) is 28.9. The van der Waals surface area contributed by atoms with Crippen LogP contribution < -0.4 is 19.6 Å². The number of carbonyl (C=O) groups excluding carboxylic acids is 1. The van der Waals surface area contributed by atoms with Gasteiger partial charge in [-0.3, -0.25) is 9.36 Å². The van der Waals surface area contributed by atoms with Crippen molar-refractivity contribution in [3.05, 3.63) is 117 Å². The van der Waals surface area contributed by atoms with Crippen LogP contribution in [0.25, 0.3) is 6.08 Å². The molecule has 0 saturated carbocycles. The first-order chi connectivity index (χ1) is 19.9. The Morgan fingerprint density at radius 2 is 2.02 bits per heavy atom. The van der Waals surface area contributed by atoms with Crippen LogP contribution >= 0.6 is 38.6 Å². The fourth-order valence-electron chi connectivity index (χ4n) is 4.62. The highest BCUT2D eigenvalue weighted by Crippen LogP contribution is 2.34. The summed E-state index contributed by atoms with van der Waals surface area (Å²) in [5.74, 6) is 0.182. The normalized spacial score (nSPS) is 14.8. The highest BCUT2D eigenvalue weighted by Gasteiger charge is 2.34. The minimum absolute atomic E-state index is 0.214. The summed E-state index contributed by atoms with van der Waals surface area (Å²) >= 11 is 6.38. The molecule has 7 nitrogen and oxygen atoms in total. The first-order valence-corrected chi connectivity index (χ1v) is 15.6. The summed E-state index contributed by atoms with van der Waals surface area (Å²) in [6, 6.07) is 18.3. The SMILES string of the molecule is CCCC1=C(C(=O)OCC)[C@H](c2cccs2)n2c(s/c(=C/c3ccc(OCc4ccccc4C#N)c(Br)c3)c2=O)=N1. The van der Waals surface area contributed by atoms with E-state index in [-0.39, 0.29) is 18.8 Å². The zero-order valence-electron chi connectivity index (χ0n) is 22.4. The minimum atomic E-state index is -0.590. The Morgan fingerprint density at radius 3 is 2.73 bits per heavy atom. The lowest BCUT2D eigenvalue weighted by atomic mass is 9.99. The summed E-state index contributed by atoms with van der Waals surface area (Å²) in [6.45, 7) is 4.30. The summed E-state index contributed by atoms with van der Waals surface area (Å²) in [5, 5.41) is 11.3. The molecular weight excluding hydrogens is 622 g/mol. The topological polar surface area (TPSA) is 93.7 Å². The van der Waals surface area contributed by atoms with Gasteiger partial charge in [-0.25, -0.2) is 9.79 Å². The van der Waals surface area contributed by atoms with Crippen molar-refractivity contribution in [3.63, 3.8) is 0 Å². The van der Waals surface area contributed by atoms with Crippen LogP contribution in [-0.2, 0) is 16.1 Å². The van der Waals surface area contributed by atoms with E-state index in [1.807, 2.05) is 66.9 Å². The Bertz CT molecular complexity index is 1850. The molecule has 0 fully saturated rings. The second-order valence-corrected chi connectivity index (χ2v) is 12.0. The number of nitrogens with zero attached hydrogens (tertiary/aromatic N) is 3. The third-order valence-electron chi connectivity index (χ3n) is 6.48. The van der Waals surface area contributed by atoms with Gasteiger partial charge in [0.25, 0.3) is 5.56 Å². The molecule has 41 heavy (non-hydrogen) atoms. The third kappa shape index (κ3) is 5.98. The van der Waals surface area contributed by atoms with Crippen LogP contribution in [0.4, 0.5) is 0 Å². The molecule has 0 unspecified atom stereocenters. The van der Waals surface area contributed by atoms with Crippen molar-refractivity contribution in [2.45, 2.75) is 39.3 Å². The molecule has 0 saturated heterocycles. The van der Waals surface area contributed by atoms with Crippen LogP contribution in [0.3, 0.4) is 0 Å². The highest BCUT2D eigenvalue weighted by molar-refractivity contribution is 9.10. The van der Waals surface area contributed by atoms with E-state index in [2.05, 4.69) is 22.0 Å². The van der Waals surface area contributed by atoms with Gasteiger partial charge >= 0.3 is 5.97 Å². The maximum absolute atomic E-state index is 13.8. The Hall–Kier alpha value is -3.78. The number of thiazole rings is 1. The van der Waals surface area contributed by atoms with E-state index in [0.29, 0.717) is 38.3 Å². The van der Waals surface area contributed by atoms with Crippen molar-refractivity contribution < 1.29 is 14.3 Å². The molecule has 4 aromatic rings. The van der Waals surface area contributed by atoms with Crippen molar-refractivity contribution >= 4 is 50.6 Å². The van der Waals surface area contributed by atoms with Crippen molar-refractivity contribution in [3.8, 4) is 11.8 Å². The van der Waals surface area contributed by atoms with Gasteiger partial charge in [-0.05, 0) is 70.6 Å². The van der Waals surface area contributed by atoms with Gasteiger partial charge in [0, 0.05) is 10.4 Å². The Morgan fingerprint density at radius 1 is 1.20 bits per heavy atom. The monoisotopic (exact) mass is 647 g/mol. The molecule has 5 rings (SSSR count). The number of allylic oxidation sites excluding steroid dienone is 1. The lowest BCUT2D eigenvalue weighted by Crippen LogP contribution is -2.39. The molecule has 0 N–H and O–H groups in total. The largest absolute Gasteiger partial charge is 0.488 e. The number of hydrogen-bond donors (Lipinski definition) is 0. The van der Waals surface area contributed by atoms with Gasteiger partial charge in [0.15, 0.2) is 4.80 Å². The number of nitriles is 1. The molecule has 0 spiro atoms. The van der Waals surface area contributed by atoms with E-state index >= 15 is 0 Å². The standard InChI is InChI=1S/C31H26BrN3O4S2/c1-3-8-23-27(30(37)38-4-2)28(25-11-7-14-40-25)35-29(36)26(41-31(35)34-23)16-19-12-13-24(22(32)15-19)39-18-21-10-6-5-9-20(21)17-33/h5-7,9-16,28H,3-4,8,18H2,1-2H3/b26-16+/t28-/m0/s1. The molecule has 1 aliphatic heterocycles. The predicted octanol–water partition coefficient (Wildman–Crippen LogP) is 5.85. The van der Waals surface area contributed by atoms with Crippen LogP contribution in [0.5, 0.6) is 5.75 Å². The van der Waals surface area contributed by atoms with E-state index in [0.717, 1.165) is 26.9 Å². The number of aromatic nitrogens is 1. The fraction of sp³-hybridized carbons (Fsp3) is 0.226. The Kier molecular flexibility index (Phi) is 8.98. The molecular formula is C31H26BrN3O4S2. The number of ether oxygens (including phenoxy) is 2. The minimum Gasteiger partial charge on any atom is -0.488 e. The van der Waals surface area contributed by atoms with E-state index in [1.54, 1.807) is 17.6 Å². The van der Waals surface area contributed by atoms with Crippen LogP contribution in [0, 0.1) is 11.3 Å². The van der Waals surface area contributed by atoms with Crippen molar-refractivity contribution in [2.75, 3.05) is 6.61 Å². The number of fused-ring (bicyclic) bond motifs is 1. The molecule has 0 amide bonds. The maximum Gasteiger partial charge on any atom is 0.338 e. The first kappa shape index (κ1) is 28.7. The number of halogens is 1. The molecule has 2 aromatic heterocycles. The molecule has 0 aliphatic carbocycles. The molecule has 2 aromatic carbocycles. The summed E-state index contributed by atoms with van der Waals surface area (Å²) < 4.78 is 14.2. The number of hydrogen-bond acceptors (Lipinski definition) is 8. The van der Waals surface area contributed by atoms with Gasteiger partial charge in [-0.1, -0.05) is 55.0 Å². The molecule has 0 radical (unpaired) electrons. The quantitative estimate of drug-likeness (QED) is 0.212. The van der Waals surface area contributed by atoms with Gasteiger partial charge < -0.3 is 9.47 Å². The third-order valence-corrected chi connectivity index (χ3v) is 9.01. The smallest absolute Gasteiger partial charge is 0.338 e. The number of rotatable bonds is 9. The number of benzene rings is 2. The fourth-order valence-corrected chi connectivity index (χ4v) is 6.98. The van der Waals surface area contributed by atoms with Gasteiger partial charge in [0.1, 0.15) is 18.4 Å². The van der Waals surface area contributed by atoms with E-state index in [4.69, 9.17) is 14.5 Å². The predicted molar refractivity (Wildman–Crippen MR) is 164 cm³/mol. The van der Waals surface area contributed by atoms with Crippen LogP contribution in [0.2, 0.25) is 0 Å². The van der Waals surface area contributed by atoms with Crippen LogP contribution in [0.1, 0.15) is 54.3 Å². The molecule has 10 heteroatoms. The van der Waals surface area contributed by atoms with E-state index < -0.39 is 12.0 Å². The first-order valence-electron chi connectivity index (χ1n) is 13.1.